The predicted molar refractivity (Wildman–Crippen MR) is 62.1 cm³/mol. The van der Waals surface area contributed by atoms with Crippen LogP contribution < -0.4 is 10.1 Å². The molecule has 96 valence electrons. The van der Waals surface area contributed by atoms with Crippen molar-refractivity contribution in [2.45, 2.75) is 12.1 Å². The normalized spacial score (nSPS) is 22.4. The Labute approximate surface area is 101 Å². The van der Waals surface area contributed by atoms with Crippen LogP contribution in [0.5, 0.6) is 5.75 Å². The highest BCUT2D eigenvalue weighted by Gasteiger charge is 2.30. The van der Waals surface area contributed by atoms with Crippen LogP contribution in [0.25, 0.3) is 0 Å². The Bertz CT molecular complexity index is 361. The molecule has 2 rings (SSSR count). The summed E-state index contributed by atoms with van der Waals surface area (Å²) in [5, 5.41) is 7.45. The first-order valence-electron chi connectivity index (χ1n) is 5.70. The third kappa shape index (κ3) is 2.43. The third-order valence-corrected chi connectivity index (χ3v) is 2.99. The van der Waals surface area contributed by atoms with E-state index in [2.05, 4.69) is 10.4 Å². The first-order chi connectivity index (χ1) is 8.27. The summed E-state index contributed by atoms with van der Waals surface area (Å²) in [4.78, 5) is 0. The number of aromatic nitrogens is 2. The Kier molecular flexibility index (Phi) is 3.98. The smallest absolute Gasteiger partial charge is 0.161 e. The number of methoxy groups -OCH3 is 1. The quantitative estimate of drug-likeness (QED) is 0.810. The summed E-state index contributed by atoms with van der Waals surface area (Å²) in [5.41, 5.74) is 0.977. The van der Waals surface area contributed by atoms with E-state index in [0.29, 0.717) is 19.8 Å². The molecule has 0 spiro atoms. The van der Waals surface area contributed by atoms with Gasteiger partial charge >= 0.3 is 0 Å². The molecule has 6 nitrogen and oxygen atoms in total. The van der Waals surface area contributed by atoms with Gasteiger partial charge in [0.25, 0.3) is 0 Å². The van der Waals surface area contributed by atoms with Crippen molar-refractivity contribution >= 4 is 0 Å². The lowest BCUT2D eigenvalue weighted by atomic mass is 10.1. The fourth-order valence-corrected chi connectivity index (χ4v) is 2.14. The van der Waals surface area contributed by atoms with E-state index >= 15 is 0 Å². The van der Waals surface area contributed by atoms with E-state index in [1.165, 1.54) is 0 Å². The molecule has 1 aromatic heterocycles. The Morgan fingerprint density at radius 1 is 1.59 bits per heavy atom. The van der Waals surface area contributed by atoms with Crippen LogP contribution in [0.1, 0.15) is 11.7 Å². The van der Waals surface area contributed by atoms with Crippen molar-refractivity contribution in [3.63, 3.8) is 0 Å². The van der Waals surface area contributed by atoms with Crippen LogP contribution in [0.4, 0.5) is 0 Å². The van der Waals surface area contributed by atoms with Crippen LogP contribution in [-0.2, 0) is 16.5 Å². The predicted octanol–water partition coefficient (Wildman–Crippen LogP) is 0.105. The van der Waals surface area contributed by atoms with Gasteiger partial charge in [-0.1, -0.05) is 0 Å². The summed E-state index contributed by atoms with van der Waals surface area (Å²) in [5.74, 6) is 0.765. The second-order valence-corrected chi connectivity index (χ2v) is 3.97. The molecule has 0 bridgehead atoms. The van der Waals surface area contributed by atoms with Gasteiger partial charge in [0.1, 0.15) is 6.10 Å². The standard InChI is InChI=1S/C11H19N3O3/c1-12-10(9-7-16-4-5-17-9)11-8(15-3)6-13-14(11)2/h6,9-10,12H,4-5,7H2,1-3H3. The van der Waals surface area contributed by atoms with Crippen LogP contribution in [-0.4, -0.2) is 49.9 Å². The molecule has 0 aliphatic carbocycles. The van der Waals surface area contributed by atoms with Crippen molar-refractivity contribution in [2.24, 2.45) is 7.05 Å². The van der Waals surface area contributed by atoms with Gasteiger partial charge < -0.3 is 19.5 Å². The van der Waals surface area contributed by atoms with Crippen molar-refractivity contribution in [2.75, 3.05) is 34.0 Å². The van der Waals surface area contributed by atoms with Crippen LogP contribution in [0.2, 0.25) is 0 Å². The van der Waals surface area contributed by atoms with E-state index in [-0.39, 0.29) is 12.1 Å². The summed E-state index contributed by atoms with van der Waals surface area (Å²) in [6.07, 6.45) is 1.70. The lowest BCUT2D eigenvalue weighted by Crippen LogP contribution is -2.40. The molecule has 0 amide bonds. The van der Waals surface area contributed by atoms with Gasteiger partial charge in [0.2, 0.25) is 0 Å². The molecule has 2 unspecified atom stereocenters. The van der Waals surface area contributed by atoms with Crippen molar-refractivity contribution in [1.29, 1.82) is 0 Å². The summed E-state index contributed by atoms with van der Waals surface area (Å²) < 4.78 is 18.3. The van der Waals surface area contributed by atoms with Crippen molar-refractivity contribution in [1.82, 2.24) is 15.1 Å². The minimum Gasteiger partial charge on any atom is -0.493 e. The molecule has 0 aromatic carbocycles. The molecule has 1 aromatic rings. The van der Waals surface area contributed by atoms with Gasteiger partial charge in [-0.2, -0.15) is 5.10 Å². The number of ether oxygens (including phenoxy) is 3. The van der Waals surface area contributed by atoms with Crippen molar-refractivity contribution < 1.29 is 14.2 Å². The average Bonchev–Trinajstić information content (AvgIpc) is 2.74. The third-order valence-electron chi connectivity index (χ3n) is 2.99. The Balaban J connectivity index is 2.23. The number of aryl methyl sites for hydroxylation is 1. The molecule has 0 radical (unpaired) electrons. The molecule has 1 fully saturated rings. The SMILES string of the molecule is CNC(c1c(OC)cnn1C)C1COCCO1. The Morgan fingerprint density at radius 3 is 3.00 bits per heavy atom. The number of rotatable bonds is 4. The monoisotopic (exact) mass is 241 g/mol. The van der Waals surface area contributed by atoms with E-state index in [1.807, 2.05) is 14.1 Å². The maximum atomic E-state index is 5.73. The zero-order valence-electron chi connectivity index (χ0n) is 10.5. The molecule has 17 heavy (non-hydrogen) atoms. The summed E-state index contributed by atoms with van der Waals surface area (Å²) in [7, 11) is 5.44. The van der Waals surface area contributed by atoms with E-state index < -0.39 is 0 Å². The largest absolute Gasteiger partial charge is 0.493 e. The van der Waals surface area contributed by atoms with E-state index in [4.69, 9.17) is 14.2 Å². The summed E-state index contributed by atoms with van der Waals surface area (Å²) in [6, 6.07) is 0.0118. The zero-order valence-corrected chi connectivity index (χ0v) is 10.5. The second kappa shape index (κ2) is 5.48. The molecular weight excluding hydrogens is 222 g/mol. The fourth-order valence-electron chi connectivity index (χ4n) is 2.14. The molecule has 6 heteroatoms. The van der Waals surface area contributed by atoms with Crippen molar-refractivity contribution in [3.05, 3.63) is 11.9 Å². The minimum atomic E-state index is -0.0157. The van der Waals surface area contributed by atoms with Crippen molar-refractivity contribution in [3.8, 4) is 5.75 Å². The number of likely N-dealkylation sites (N-methyl/N-ethyl adjacent to an activating group) is 1. The lowest BCUT2D eigenvalue weighted by Gasteiger charge is -2.30. The van der Waals surface area contributed by atoms with E-state index in [1.54, 1.807) is 18.0 Å². The van der Waals surface area contributed by atoms with Gasteiger partial charge in [0.05, 0.1) is 44.9 Å². The lowest BCUT2D eigenvalue weighted by molar-refractivity contribution is -0.102. The topological polar surface area (TPSA) is 57.5 Å². The highest BCUT2D eigenvalue weighted by atomic mass is 16.6. The van der Waals surface area contributed by atoms with Gasteiger partial charge in [0.15, 0.2) is 5.75 Å². The van der Waals surface area contributed by atoms with E-state index in [9.17, 15) is 0 Å². The van der Waals surface area contributed by atoms with Crippen LogP contribution >= 0.6 is 0 Å². The molecule has 0 saturated carbocycles. The Morgan fingerprint density at radius 2 is 2.41 bits per heavy atom. The maximum Gasteiger partial charge on any atom is 0.161 e. The number of nitrogens with zero attached hydrogens (tertiary/aromatic N) is 2. The van der Waals surface area contributed by atoms with Gasteiger partial charge in [-0.15, -0.1) is 0 Å². The summed E-state index contributed by atoms with van der Waals surface area (Å²) >= 11 is 0. The second-order valence-electron chi connectivity index (χ2n) is 3.97. The van der Waals surface area contributed by atoms with Gasteiger partial charge in [-0.05, 0) is 7.05 Å². The molecular formula is C11H19N3O3. The number of hydrogen-bond donors (Lipinski definition) is 1. The zero-order chi connectivity index (χ0) is 12.3. The molecule has 1 aliphatic rings. The first-order valence-corrected chi connectivity index (χ1v) is 5.70. The van der Waals surface area contributed by atoms with Gasteiger partial charge in [0, 0.05) is 7.05 Å². The highest BCUT2D eigenvalue weighted by molar-refractivity contribution is 5.29. The summed E-state index contributed by atoms with van der Waals surface area (Å²) in [6.45, 7) is 1.87. The molecule has 2 heterocycles. The van der Waals surface area contributed by atoms with E-state index in [0.717, 1.165) is 11.4 Å². The van der Waals surface area contributed by atoms with Gasteiger partial charge in [-0.3, -0.25) is 4.68 Å². The Hall–Kier alpha value is -1.11. The average molecular weight is 241 g/mol. The first kappa shape index (κ1) is 12.3. The van der Waals surface area contributed by atoms with Crippen LogP contribution in [0, 0.1) is 0 Å². The fraction of sp³-hybridized carbons (Fsp3) is 0.727. The minimum absolute atomic E-state index is 0.0118. The molecule has 1 N–H and O–H groups in total. The highest BCUT2D eigenvalue weighted by Crippen LogP contribution is 2.28. The molecule has 1 aliphatic heterocycles. The van der Waals surface area contributed by atoms with Crippen LogP contribution in [0.3, 0.4) is 0 Å². The van der Waals surface area contributed by atoms with Gasteiger partial charge in [-0.25, -0.2) is 0 Å². The van der Waals surface area contributed by atoms with Crippen LogP contribution in [0.15, 0.2) is 6.20 Å². The molecule has 1 saturated heterocycles. The number of nitrogens with one attached hydrogen (secondary N) is 1. The maximum absolute atomic E-state index is 5.73. The molecule has 2 atom stereocenters. The number of hydrogen-bond acceptors (Lipinski definition) is 5.